The third kappa shape index (κ3) is 2.44. The summed E-state index contributed by atoms with van der Waals surface area (Å²) in [5.74, 6) is 1.54. The van der Waals surface area contributed by atoms with Gasteiger partial charge in [0.15, 0.2) is 5.82 Å². The zero-order valence-electron chi connectivity index (χ0n) is 14.8. The number of tetrazole rings is 1. The number of likely N-dealkylation sites (tertiary alicyclic amines) is 1. The van der Waals surface area contributed by atoms with Crippen LogP contribution in [0.5, 0.6) is 0 Å². The summed E-state index contributed by atoms with van der Waals surface area (Å²) in [6.07, 6.45) is 9.05. The number of nitrogens with zero attached hydrogens (tertiary/aromatic N) is 6. The van der Waals surface area contributed by atoms with Crippen molar-refractivity contribution in [2.24, 2.45) is 5.92 Å². The van der Waals surface area contributed by atoms with E-state index in [0.29, 0.717) is 18.5 Å². The molecule has 1 aromatic rings. The first kappa shape index (κ1) is 16.0. The van der Waals surface area contributed by atoms with E-state index >= 15 is 0 Å². The molecular weight excluding hydrogens is 304 g/mol. The number of hydrogen-bond donors (Lipinski definition) is 0. The molecule has 7 heteroatoms. The minimum atomic E-state index is -0.258. The van der Waals surface area contributed by atoms with Gasteiger partial charge in [-0.05, 0) is 56.6 Å². The fourth-order valence-corrected chi connectivity index (χ4v) is 4.54. The second kappa shape index (κ2) is 6.10. The Morgan fingerprint density at radius 2 is 1.92 bits per heavy atom. The summed E-state index contributed by atoms with van der Waals surface area (Å²) in [6.45, 7) is 1.52. The topological polar surface area (TPSA) is 67.2 Å². The molecule has 1 amide bonds. The first-order valence-corrected chi connectivity index (χ1v) is 9.36. The maximum atomic E-state index is 12.7. The number of hydrogen-bond acceptors (Lipinski definition) is 5. The minimum absolute atomic E-state index is 0.258. The molecule has 24 heavy (non-hydrogen) atoms. The Morgan fingerprint density at radius 3 is 2.54 bits per heavy atom. The fourth-order valence-electron chi connectivity index (χ4n) is 4.54. The molecule has 0 bridgehead atoms. The van der Waals surface area contributed by atoms with Gasteiger partial charge in [0.05, 0.1) is 6.04 Å². The summed E-state index contributed by atoms with van der Waals surface area (Å²) in [6, 6.07) is 0.420. The molecule has 2 aliphatic carbocycles. The average Bonchev–Trinajstić information content (AvgIpc) is 3.24. The largest absolute Gasteiger partial charge is 0.340 e. The van der Waals surface area contributed by atoms with Gasteiger partial charge in [-0.3, -0.25) is 9.69 Å². The Balaban J connectivity index is 1.61. The molecule has 1 atom stereocenters. The maximum absolute atomic E-state index is 12.7. The van der Waals surface area contributed by atoms with E-state index in [-0.39, 0.29) is 11.5 Å². The Bertz CT molecular complexity index is 604. The molecule has 1 saturated heterocycles. The average molecular weight is 332 g/mol. The molecule has 0 spiro atoms. The first-order valence-electron chi connectivity index (χ1n) is 9.36. The Hall–Kier alpha value is -1.50. The number of rotatable bonds is 4. The molecule has 7 nitrogen and oxygen atoms in total. The van der Waals surface area contributed by atoms with Crippen LogP contribution in [0.4, 0.5) is 0 Å². The van der Waals surface area contributed by atoms with Crippen molar-refractivity contribution in [3.05, 3.63) is 5.82 Å². The molecule has 2 saturated carbocycles. The molecular formula is C17H28N6O. The summed E-state index contributed by atoms with van der Waals surface area (Å²) in [5.41, 5.74) is -0.258. The summed E-state index contributed by atoms with van der Waals surface area (Å²) >= 11 is 0. The van der Waals surface area contributed by atoms with Gasteiger partial charge >= 0.3 is 0 Å². The molecule has 0 radical (unpaired) electrons. The summed E-state index contributed by atoms with van der Waals surface area (Å²) < 4.78 is 2.06. The van der Waals surface area contributed by atoms with Crippen molar-refractivity contribution in [2.45, 2.75) is 62.9 Å². The van der Waals surface area contributed by atoms with Crippen molar-refractivity contribution in [3.63, 3.8) is 0 Å². The number of amides is 1. The van der Waals surface area contributed by atoms with E-state index in [1.807, 2.05) is 0 Å². The summed E-state index contributed by atoms with van der Waals surface area (Å²) in [4.78, 5) is 17.0. The van der Waals surface area contributed by atoms with Gasteiger partial charge in [0, 0.05) is 19.0 Å². The van der Waals surface area contributed by atoms with Crippen LogP contribution in [-0.2, 0) is 10.3 Å². The molecule has 2 heterocycles. The SMILES string of the molecule is CN(C)C1(c2nnnn2C2CCCC2)CCN(C(=O)C2CCC2)C1. The quantitative estimate of drug-likeness (QED) is 0.837. The van der Waals surface area contributed by atoms with Gasteiger partial charge < -0.3 is 4.90 Å². The fraction of sp³-hybridized carbons (Fsp3) is 0.882. The smallest absolute Gasteiger partial charge is 0.225 e. The van der Waals surface area contributed by atoms with Crippen molar-refractivity contribution in [3.8, 4) is 0 Å². The Morgan fingerprint density at radius 1 is 1.17 bits per heavy atom. The van der Waals surface area contributed by atoms with Crippen molar-refractivity contribution in [2.75, 3.05) is 27.2 Å². The van der Waals surface area contributed by atoms with E-state index in [1.165, 1.54) is 19.3 Å². The van der Waals surface area contributed by atoms with Crippen LogP contribution in [0.15, 0.2) is 0 Å². The van der Waals surface area contributed by atoms with Crippen LogP contribution in [0.25, 0.3) is 0 Å². The van der Waals surface area contributed by atoms with Gasteiger partial charge in [-0.15, -0.1) is 5.10 Å². The second-order valence-electron chi connectivity index (χ2n) is 7.95. The van der Waals surface area contributed by atoms with Crippen LogP contribution in [0.2, 0.25) is 0 Å². The Labute approximate surface area is 143 Å². The summed E-state index contributed by atoms with van der Waals surface area (Å²) in [5, 5.41) is 12.8. The zero-order chi connectivity index (χ0) is 16.7. The van der Waals surface area contributed by atoms with Crippen LogP contribution < -0.4 is 0 Å². The maximum Gasteiger partial charge on any atom is 0.225 e. The van der Waals surface area contributed by atoms with Gasteiger partial charge in [-0.2, -0.15) is 0 Å². The van der Waals surface area contributed by atoms with Gasteiger partial charge in [0.2, 0.25) is 5.91 Å². The molecule has 3 fully saturated rings. The lowest BCUT2D eigenvalue weighted by atomic mass is 9.84. The standard InChI is InChI=1S/C17H28N6O/c1-21(2)17(10-11-22(12-17)15(24)13-6-5-7-13)16-18-19-20-23(16)14-8-3-4-9-14/h13-14H,3-12H2,1-2H3. The number of aromatic nitrogens is 4. The number of carbonyl (C=O) groups excluding carboxylic acids is 1. The van der Waals surface area contributed by atoms with Gasteiger partial charge in [-0.1, -0.05) is 19.3 Å². The van der Waals surface area contributed by atoms with Crippen molar-refractivity contribution >= 4 is 5.91 Å². The van der Waals surface area contributed by atoms with Crippen molar-refractivity contribution in [1.82, 2.24) is 30.0 Å². The van der Waals surface area contributed by atoms with E-state index in [4.69, 9.17) is 0 Å². The molecule has 0 N–H and O–H groups in total. The highest BCUT2D eigenvalue weighted by molar-refractivity contribution is 5.80. The second-order valence-corrected chi connectivity index (χ2v) is 7.95. The lowest BCUT2D eigenvalue weighted by molar-refractivity contribution is -0.137. The normalized spacial score (nSPS) is 28.7. The van der Waals surface area contributed by atoms with E-state index in [1.54, 1.807) is 0 Å². The lowest BCUT2D eigenvalue weighted by Gasteiger charge is -2.36. The molecule has 132 valence electrons. The summed E-state index contributed by atoms with van der Waals surface area (Å²) in [7, 11) is 4.18. The van der Waals surface area contributed by atoms with E-state index in [9.17, 15) is 4.79 Å². The van der Waals surface area contributed by atoms with Gasteiger partial charge in [0.1, 0.15) is 5.54 Å². The molecule has 0 aromatic carbocycles. The van der Waals surface area contributed by atoms with Crippen LogP contribution in [0.1, 0.15) is 63.2 Å². The minimum Gasteiger partial charge on any atom is -0.340 e. The van der Waals surface area contributed by atoms with E-state index in [0.717, 1.165) is 44.5 Å². The number of carbonyl (C=O) groups is 1. The van der Waals surface area contributed by atoms with Crippen LogP contribution in [-0.4, -0.2) is 63.1 Å². The highest BCUT2D eigenvalue weighted by Crippen LogP contribution is 2.40. The third-order valence-electron chi connectivity index (χ3n) is 6.45. The van der Waals surface area contributed by atoms with Crippen molar-refractivity contribution in [1.29, 1.82) is 0 Å². The third-order valence-corrected chi connectivity index (χ3v) is 6.45. The van der Waals surface area contributed by atoms with Gasteiger partial charge in [0.25, 0.3) is 0 Å². The highest BCUT2D eigenvalue weighted by atomic mass is 16.2. The number of likely N-dealkylation sites (N-methyl/N-ethyl adjacent to an activating group) is 1. The molecule has 3 aliphatic rings. The van der Waals surface area contributed by atoms with Crippen LogP contribution in [0, 0.1) is 5.92 Å². The van der Waals surface area contributed by atoms with E-state index < -0.39 is 0 Å². The molecule has 1 aliphatic heterocycles. The predicted molar refractivity (Wildman–Crippen MR) is 89.2 cm³/mol. The monoisotopic (exact) mass is 332 g/mol. The van der Waals surface area contributed by atoms with Crippen LogP contribution >= 0.6 is 0 Å². The molecule has 1 aromatic heterocycles. The van der Waals surface area contributed by atoms with Gasteiger partial charge in [-0.25, -0.2) is 4.68 Å². The highest BCUT2D eigenvalue weighted by Gasteiger charge is 2.49. The lowest BCUT2D eigenvalue weighted by Crippen LogP contribution is -2.48. The predicted octanol–water partition coefficient (Wildman–Crippen LogP) is 1.58. The van der Waals surface area contributed by atoms with Crippen LogP contribution in [0.3, 0.4) is 0 Å². The van der Waals surface area contributed by atoms with Crippen molar-refractivity contribution < 1.29 is 4.79 Å². The first-order chi connectivity index (χ1) is 11.6. The zero-order valence-corrected chi connectivity index (χ0v) is 14.8. The Kier molecular flexibility index (Phi) is 4.06. The van der Waals surface area contributed by atoms with E-state index in [2.05, 4.69) is 44.1 Å². The molecule has 4 rings (SSSR count). The molecule has 1 unspecified atom stereocenters.